The van der Waals surface area contributed by atoms with Gasteiger partial charge in [-0.1, -0.05) is 11.6 Å². The Balaban J connectivity index is 1.25. The van der Waals surface area contributed by atoms with E-state index in [1.165, 1.54) is 4.90 Å². The molecule has 0 radical (unpaired) electrons. The van der Waals surface area contributed by atoms with Crippen molar-refractivity contribution in [2.24, 2.45) is 11.8 Å². The number of piperidine rings is 1. The molecule has 3 atom stereocenters. The molecule has 35 heavy (non-hydrogen) atoms. The average molecular weight is 515 g/mol. The molecule has 1 aliphatic rings. The molecule has 3 aromatic rings. The van der Waals surface area contributed by atoms with E-state index in [9.17, 15) is 10.2 Å². The van der Waals surface area contributed by atoms with Crippen molar-refractivity contribution < 1.29 is 14.9 Å². The van der Waals surface area contributed by atoms with Crippen LogP contribution in [0, 0.1) is 11.8 Å². The highest BCUT2D eigenvalue weighted by Crippen LogP contribution is 2.33. The maximum Gasteiger partial charge on any atom is 0.119 e. The first-order chi connectivity index (χ1) is 17.1. The molecular formula is C28H35ClN2O3S. The number of aromatic nitrogens is 1. The van der Waals surface area contributed by atoms with E-state index in [1.807, 2.05) is 48.2 Å². The van der Waals surface area contributed by atoms with Gasteiger partial charge in [-0.3, -0.25) is 4.98 Å². The number of likely N-dealkylation sites (tertiary alicyclic amines) is 1. The van der Waals surface area contributed by atoms with Crippen LogP contribution in [0.15, 0.2) is 59.6 Å². The van der Waals surface area contributed by atoms with Gasteiger partial charge in [0, 0.05) is 34.7 Å². The average Bonchev–Trinajstić information content (AvgIpc) is 2.90. The van der Waals surface area contributed by atoms with Crippen molar-refractivity contribution >= 4 is 34.3 Å². The molecule has 2 aromatic carbocycles. The van der Waals surface area contributed by atoms with Crippen molar-refractivity contribution in [2.45, 2.75) is 36.7 Å². The minimum Gasteiger partial charge on any atom is -0.497 e. The molecule has 1 fully saturated rings. The maximum absolute atomic E-state index is 11.0. The van der Waals surface area contributed by atoms with Crippen LogP contribution in [0.25, 0.3) is 10.9 Å². The van der Waals surface area contributed by atoms with Crippen molar-refractivity contribution in [3.8, 4) is 5.75 Å². The highest BCUT2D eigenvalue weighted by atomic mass is 35.5. The molecule has 2 N–H and O–H groups in total. The molecule has 0 amide bonds. The molecule has 0 saturated carbocycles. The Labute approximate surface area is 217 Å². The van der Waals surface area contributed by atoms with E-state index in [-0.39, 0.29) is 12.5 Å². The highest BCUT2D eigenvalue weighted by Gasteiger charge is 2.29. The van der Waals surface area contributed by atoms with Gasteiger partial charge in [-0.25, -0.2) is 0 Å². The number of rotatable bonds is 11. The Morgan fingerprint density at radius 1 is 1.17 bits per heavy atom. The molecule has 0 spiro atoms. The van der Waals surface area contributed by atoms with Crippen molar-refractivity contribution in [2.75, 3.05) is 39.1 Å². The van der Waals surface area contributed by atoms with Gasteiger partial charge in [0.1, 0.15) is 5.75 Å². The Kier molecular flexibility index (Phi) is 9.69. The minimum atomic E-state index is -0.560. The summed E-state index contributed by atoms with van der Waals surface area (Å²) in [6.45, 7) is 3.24. The molecule has 0 unspecified atom stereocenters. The minimum absolute atomic E-state index is 0.201. The quantitative estimate of drug-likeness (QED) is 0.248. The second kappa shape index (κ2) is 12.9. The maximum atomic E-state index is 11.0. The number of pyridine rings is 1. The first-order valence-electron chi connectivity index (χ1n) is 12.4. The fourth-order valence-electron chi connectivity index (χ4n) is 5.05. The number of nitrogens with zero attached hydrogens (tertiary/aromatic N) is 2. The molecular weight excluding hydrogens is 480 g/mol. The van der Waals surface area contributed by atoms with Crippen LogP contribution in [0.2, 0.25) is 5.02 Å². The lowest BCUT2D eigenvalue weighted by atomic mass is 9.81. The van der Waals surface area contributed by atoms with E-state index >= 15 is 0 Å². The van der Waals surface area contributed by atoms with Gasteiger partial charge in [0.25, 0.3) is 0 Å². The van der Waals surface area contributed by atoms with Crippen molar-refractivity contribution in [1.29, 1.82) is 0 Å². The summed E-state index contributed by atoms with van der Waals surface area (Å²) < 4.78 is 5.36. The molecule has 7 heteroatoms. The number of fused-ring (bicyclic) bond motifs is 1. The summed E-state index contributed by atoms with van der Waals surface area (Å²) in [5, 5.41) is 22.8. The van der Waals surface area contributed by atoms with Gasteiger partial charge < -0.3 is 19.8 Å². The molecule has 188 valence electrons. The van der Waals surface area contributed by atoms with Gasteiger partial charge in [0.05, 0.1) is 18.7 Å². The summed E-state index contributed by atoms with van der Waals surface area (Å²) in [4.78, 5) is 8.16. The number of hydrogen-bond donors (Lipinski definition) is 2. The smallest absolute Gasteiger partial charge is 0.119 e. The summed E-state index contributed by atoms with van der Waals surface area (Å²) >= 11 is 7.82. The van der Waals surface area contributed by atoms with Gasteiger partial charge in [-0.05, 0) is 110 Å². The second-order valence-corrected chi connectivity index (χ2v) is 10.9. The second-order valence-electron chi connectivity index (χ2n) is 9.32. The van der Waals surface area contributed by atoms with E-state index < -0.39 is 6.10 Å². The standard InChI is InChI=1S/C28H35ClN2O3S/c1-34-23-6-9-27-26(17-23)25(11-13-30-27)28(33)10-3-20-12-15-31(18-21(20)19-32)14-2-16-35-24-7-4-22(29)5-8-24/h4-9,11,13,17,20-21,28,32-33H,2-3,10,12,14-16,18-19H2,1H3/t20-,21-,28+/m1/s1. The lowest BCUT2D eigenvalue weighted by Gasteiger charge is -2.38. The van der Waals surface area contributed by atoms with Crippen LogP contribution in [0.1, 0.15) is 37.4 Å². The predicted molar refractivity (Wildman–Crippen MR) is 144 cm³/mol. The molecule has 2 heterocycles. The van der Waals surface area contributed by atoms with Crippen molar-refractivity contribution in [3.63, 3.8) is 0 Å². The van der Waals surface area contributed by atoms with Crippen LogP contribution >= 0.6 is 23.4 Å². The fourth-order valence-corrected chi connectivity index (χ4v) is 6.01. The summed E-state index contributed by atoms with van der Waals surface area (Å²) in [5.74, 6) is 2.52. The molecule has 1 aromatic heterocycles. The summed E-state index contributed by atoms with van der Waals surface area (Å²) in [7, 11) is 1.65. The van der Waals surface area contributed by atoms with Gasteiger partial charge in [0.15, 0.2) is 0 Å². The number of ether oxygens (including phenoxy) is 1. The zero-order valence-electron chi connectivity index (χ0n) is 20.3. The molecule has 1 aliphatic heterocycles. The summed E-state index contributed by atoms with van der Waals surface area (Å²) in [6.07, 6.45) is 4.96. The number of aliphatic hydroxyl groups is 2. The zero-order chi connectivity index (χ0) is 24.6. The van der Waals surface area contributed by atoms with Crippen LogP contribution in [0.5, 0.6) is 5.75 Å². The first kappa shape index (κ1) is 26.2. The van der Waals surface area contributed by atoms with E-state index in [0.29, 0.717) is 12.3 Å². The van der Waals surface area contributed by atoms with Crippen LogP contribution in [0.4, 0.5) is 0 Å². The van der Waals surface area contributed by atoms with Crippen molar-refractivity contribution in [3.05, 3.63) is 65.3 Å². The predicted octanol–water partition coefficient (Wildman–Crippen LogP) is 5.82. The Morgan fingerprint density at radius 2 is 2.00 bits per heavy atom. The van der Waals surface area contributed by atoms with Crippen LogP contribution < -0.4 is 4.74 Å². The SMILES string of the molecule is COc1ccc2nccc([C@@H](O)CC[C@@H]3CCN(CCCSc4ccc(Cl)cc4)C[C@@H]3CO)c2c1. The van der Waals surface area contributed by atoms with Gasteiger partial charge in [-0.2, -0.15) is 0 Å². The molecule has 5 nitrogen and oxygen atoms in total. The van der Waals surface area contributed by atoms with E-state index in [2.05, 4.69) is 22.0 Å². The summed E-state index contributed by atoms with van der Waals surface area (Å²) in [5.41, 5.74) is 1.75. The number of methoxy groups -OCH3 is 1. The zero-order valence-corrected chi connectivity index (χ0v) is 21.8. The van der Waals surface area contributed by atoms with Gasteiger partial charge in [0.2, 0.25) is 0 Å². The third-order valence-corrected chi connectivity index (χ3v) is 8.41. The molecule has 0 bridgehead atoms. The van der Waals surface area contributed by atoms with Crippen molar-refractivity contribution in [1.82, 2.24) is 9.88 Å². The number of benzene rings is 2. The Bertz CT molecular complexity index is 1080. The normalized spacial score (nSPS) is 19.7. The lowest BCUT2D eigenvalue weighted by Crippen LogP contribution is -2.42. The van der Waals surface area contributed by atoms with Gasteiger partial charge >= 0.3 is 0 Å². The van der Waals surface area contributed by atoms with Crippen LogP contribution in [-0.2, 0) is 0 Å². The van der Waals surface area contributed by atoms with Gasteiger partial charge in [-0.15, -0.1) is 11.8 Å². The van der Waals surface area contributed by atoms with E-state index in [0.717, 1.165) is 71.9 Å². The third kappa shape index (κ3) is 7.11. The highest BCUT2D eigenvalue weighted by molar-refractivity contribution is 7.99. The van der Waals surface area contributed by atoms with Crippen LogP contribution in [-0.4, -0.2) is 59.2 Å². The molecule has 0 aliphatic carbocycles. The lowest BCUT2D eigenvalue weighted by molar-refractivity contribution is 0.0581. The Morgan fingerprint density at radius 3 is 2.77 bits per heavy atom. The van der Waals surface area contributed by atoms with Crippen LogP contribution in [0.3, 0.4) is 0 Å². The number of aliphatic hydroxyl groups excluding tert-OH is 2. The topological polar surface area (TPSA) is 65.8 Å². The Hall–Kier alpha value is -1.83. The van der Waals surface area contributed by atoms with E-state index in [4.69, 9.17) is 16.3 Å². The molecule has 4 rings (SSSR count). The first-order valence-corrected chi connectivity index (χ1v) is 13.8. The number of hydrogen-bond acceptors (Lipinski definition) is 6. The van der Waals surface area contributed by atoms with E-state index in [1.54, 1.807) is 13.3 Å². The summed E-state index contributed by atoms with van der Waals surface area (Å²) in [6, 6.07) is 15.7. The molecule has 1 saturated heterocycles. The third-order valence-electron chi connectivity index (χ3n) is 7.06. The number of halogens is 1. The number of thioether (sulfide) groups is 1. The monoisotopic (exact) mass is 514 g/mol. The largest absolute Gasteiger partial charge is 0.497 e. The fraction of sp³-hybridized carbons (Fsp3) is 0.464.